The Labute approximate surface area is 175 Å². The summed E-state index contributed by atoms with van der Waals surface area (Å²) in [5.74, 6) is -4.98. The fraction of sp³-hybridized carbons (Fsp3) is 0.722. The number of hydrogen-bond donors (Lipinski definition) is 7. The second-order valence-corrected chi connectivity index (χ2v) is 7.77. The largest absolute Gasteiger partial charge is 0.480 e. The molecule has 0 rings (SSSR count). The van der Waals surface area contributed by atoms with E-state index >= 15 is 0 Å². The van der Waals surface area contributed by atoms with Crippen LogP contribution in [0.2, 0.25) is 0 Å². The molecular weight excluding hydrogens is 398 g/mol. The average molecular weight is 431 g/mol. The second-order valence-electron chi connectivity index (χ2n) is 7.77. The number of carbonyl (C=O) groups excluding carboxylic acids is 4. The molecule has 0 aliphatic rings. The number of aliphatic hydroxyl groups excluding tert-OH is 1. The molecule has 4 atom stereocenters. The quantitative estimate of drug-likeness (QED) is 0.164. The smallest absolute Gasteiger partial charge is 0.326 e. The minimum absolute atomic E-state index is 0.0722. The molecule has 0 aromatic carbocycles. The molecule has 0 spiro atoms. The topological polar surface area (TPSA) is 214 Å². The number of rotatable bonds is 13. The zero-order chi connectivity index (χ0) is 23.6. The molecule has 30 heavy (non-hydrogen) atoms. The number of primary amides is 1. The van der Waals surface area contributed by atoms with E-state index < -0.39 is 66.8 Å². The molecule has 0 fully saturated rings. The van der Waals surface area contributed by atoms with Gasteiger partial charge in [-0.25, -0.2) is 4.79 Å². The molecule has 12 nitrogen and oxygen atoms in total. The number of amides is 4. The number of carbonyl (C=O) groups is 5. The lowest BCUT2D eigenvalue weighted by Gasteiger charge is -2.25. The van der Waals surface area contributed by atoms with E-state index in [1.165, 1.54) is 0 Å². The maximum Gasteiger partial charge on any atom is 0.326 e. The Morgan fingerprint density at radius 1 is 0.833 bits per heavy atom. The van der Waals surface area contributed by atoms with E-state index in [0.29, 0.717) is 0 Å². The SMILES string of the molecule is CC(C)CC(NC(=O)C(CO)NC(=O)C(N)C(C)C)C(=O)NC(CC(N)=O)C(=O)O. The lowest BCUT2D eigenvalue weighted by atomic mass is 10.0. The van der Waals surface area contributed by atoms with Gasteiger partial charge in [0.05, 0.1) is 19.1 Å². The predicted octanol–water partition coefficient (Wildman–Crippen LogP) is -2.58. The summed E-state index contributed by atoms with van der Waals surface area (Å²) < 4.78 is 0. The maximum absolute atomic E-state index is 12.5. The summed E-state index contributed by atoms with van der Waals surface area (Å²) in [6.45, 7) is 6.24. The lowest BCUT2D eigenvalue weighted by molar-refractivity contribution is -0.144. The third-order valence-corrected chi connectivity index (χ3v) is 4.20. The maximum atomic E-state index is 12.5. The molecule has 9 N–H and O–H groups in total. The van der Waals surface area contributed by atoms with Crippen LogP contribution in [0.4, 0.5) is 0 Å². The van der Waals surface area contributed by atoms with Crippen molar-refractivity contribution in [2.75, 3.05) is 6.61 Å². The first kappa shape index (κ1) is 27.3. The van der Waals surface area contributed by atoms with Crippen molar-refractivity contribution in [2.24, 2.45) is 23.3 Å². The zero-order valence-corrected chi connectivity index (χ0v) is 17.7. The van der Waals surface area contributed by atoms with Gasteiger partial charge in [-0.05, 0) is 18.3 Å². The number of nitrogens with two attached hydrogens (primary N) is 2. The van der Waals surface area contributed by atoms with E-state index in [1.54, 1.807) is 27.7 Å². The summed E-state index contributed by atoms with van der Waals surface area (Å²) >= 11 is 0. The highest BCUT2D eigenvalue weighted by molar-refractivity contribution is 5.94. The number of aliphatic hydroxyl groups is 1. The van der Waals surface area contributed by atoms with Crippen LogP contribution in [0.3, 0.4) is 0 Å². The normalized spacial score (nSPS) is 15.1. The molecule has 172 valence electrons. The highest BCUT2D eigenvalue weighted by Crippen LogP contribution is 2.07. The first-order valence-electron chi connectivity index (χ1n) is 9.58. The van der Waals surface area contributed by atoms with Crippen LogP contribution < -0.4 is 27.4 Å². The molecule has 4 amide bonds. The van der Waals surface area contributed by atoms with Gasteiger partial charge in [0.2, 0.25) is 23.6 Å². The summed E-state index contributed by atoms with van der Waals surface area (Å²) in [5, 5.41) is 25.5. The van der Waals surface area contributed by atoms with E-state index in [2.05, 4.69) is 16.0 Å². The van der Waals surface area contributed by atoms with Crippen LogP contribution in [-0.2, 0) is 24.0 Å². The minimum atomic E-state index is -1.56. The van der Waals surface area contributed by atoms with E-state index in [-0.39, 0.29) is 18.3 Å². The Kier molecular flexibility index (Phi) is 11.6. The Morgan fingerprint density at radius 3 is 1.70 bits per heavy atom. The summed E-state index contributed by atoms with van der Waals surface area (Å²) in [6.07, 6.45) is -0.482. The Morgan fingerprint density at radius 2 is 1.30 bits per heavy atom. The van der Waals surface area contributed by atoms with Gasteiger partial charge in [-0.1, -0.05) is 27.7 Å². The molecular formula is C18H33N5O7. The molecule has 0 saturated heterocycles. The first-order chi connectivity index (χ1) is 13.8. The Hall–Kier alpha value is -2.73. The molecule has 0 aromatic rings. The molecule has 12 heteroatoms. The fourth-order valence-electron chi connectivity index (χ4n) is 2.41. The van der Waals surface area contributed by atoms with Crippen molar-refractivity contribution in [3.05, 3.63) is 0 Å². The van der Waals surface area contributed by atoms with Crippen LogP contribution in [0.1, 0.15) is 40.5 Å². The van der Waals surface area contributed by atoms with Crippen molar-refractivity contribution in [1.29, 1.82) is 0 Å². The van der Waals surface area contributed by atoms with Crippen molar-refractivity contribution >= 4 is 29.6 Å². The van der Waals surface area contributed by atoms with Gasteiger partial charge in [-0.2, -0.15) is 0 Å². The number of carboxylic acid groups (broad SMARTS) is 1. The number of hydrogen-bond acceptors (Lipinski definition) is 7. The molecule has 0 aliphatic carbocycles. The van der Waals surface area contributed by atoms with Gasteiger partial charge in [-0.3, -0.25) is 19.2 Å². The van der Waals surface area contributed by atoms with E-state index in [1.807, 2.05) is 0 Å². The molecule has 0 saturated carbocycles. The Balaban J connectivity index is 5.31. The molecule has 0 aliphatic heterocycles. The molecule has 4 unspecified atom stereocenters. The highest BCUT2D eigenvalue weighted by Gasteiger charge is 2.31. The van der Waals surface area contributed by atoms with Crippen molar-refractivity contribution in [2.45, 2.75) is 64.7 Å². The molecule has 0 aromatic heterocycles. The second kappa shape index (κ2) is 12.8. The molecule has 0 bridgehead atoms. The molecule has 0 heterocycles. The van der Waals surface area contributed by atoms with Crippen LogP contribution in [0.25, 0.3) is 0 Å². The predicted molar refractivity (Wildman–Crippen MR) is 107 cm³/mol. The summed E-state index contributed by atoms with van der Waals surface area (Å²) in [7, 11) is 0. The lowest BCUT2D eigenvalue weighted by Crippen LogP contribution is -2.58. The summed E-state index contributed by atoms with van der Waals surface area (Å²) in [6, 6.07) is -4.98. The number of aliphatic carboxylic acids is 1. The van der Waals surface area contributed by atoms with Gasteiger partial charge in [0, 0.05) is 0 Å². The fourth-order valence-corrected chi connectivity index (χ4v) is 2.41. The van der Waals surface area contributed by atoms with Crippen molar-refractivity contribution in [3.63, 3.8) is 0 Å². The van der Waals surface area contributed by atoms with E-state index in [9.17, 15) is 29.1 Å². The Bertz CT molecular complexity index is 638. The monoisotopic (exact) mass is 431 g/mol. The van der Waals surface area contributed by atoms with Crippen LogP contribution >= 0.6 is 0 Å². The van der Waals surface area contributed by atoms with Crippen molar-refractivity contribution in [3.8, 4) is 0 Å². The van der Waals surface area contributed by atoms with Crippen LogP contribution in [-0.4, -0.2) is 70.6 Å². The highest BCUT2D eigenvalue weighted by atomic mass is 16.4. The van der Waals surface area contributed by atoms with Gasteiger partial charge >= 0.3 is 5.97 Å². The average Bonchev–Trinajstić information content (AvgIpc) is 2.62. The first-order valence-corrected chi connectivity index (χ1v) is 9.58. The summed E-state index contributed by atoms with van der Waals surface area (Å²) in [4.78, 5) is 59.3. The van der Waals surface area contributed by atoms with Crippen LogP contribution in [0, 0.1) is 11.8 Å². The van der Waals surface area contributed by atoms with Crippen LogP contribution in [0.15, 0.2) is 0 Å². The van der Waals surface area contributed by atoms with Crippen molar-refractivity contribution < 1.29 is 34.2 Å². The van der Waals surface area contributed by atoms with Gasteiger partial charge in [0.25, 0.3) is 0 Å². The van der Waals surface area contributed by atoms with Gasteiger partial charge in [0.1, 0.15) is 18.1 Å². The van der Waals surface area contributed by atoms with Crippen LogP contribution in [0.5, 0.6) is 0 Å². The number of carboxylic acids is 1. The third kappa shape index (κ3) is 9.65. The molecule has 0 radical (unpaired) electrons. The van der Waals surface area contributed by atoms with Gasteiger partial charge in [0.15, 0.2) is 0 Å². The van der Waals surface area contributed by atoms with Crippen molar-refractivity contribution in [1.82, 2.24) is 16.0 Å². The number of nitrogens with one attached hydrogen (secondary N) is 3. The third-order valence-electron chi connectivity index (χ3n) is 4.20. The van der Waals surface area contributed by atoms with Gasteiger partial charge < -0.3 is 37.6 Å². The van der Waals surface area contributed by atoms with Gasteiger partial charge in [-0.15, -0.1) is 0 Å². The minimum Gasteiger partial charge on any atom is -0.480 e. The zero-order valence-electron chi connectivity index (χ0n) is 17.7. The van der Waals surface area contributed by atoms with E-state index in [4.69, 9.17) is 16.6 Å². The van der Waals surface area contributed by atoms with E-state index in [0.717, 1.165) is 0 Å². The standard InChI is InChI=1S/C18H33N5O7/c1-8(2)5-10(15(26)22-11(18(29)30)6-13(19)25)21-16(27)12(7-24)23-17(28)14(20)9(3)4/h8-12,14,24H,5-7,20H2,1-4H3,(H2,19,25)(H,21,27)(H,22,26)(H,23,28)(H,29,30). The summed E-state index contributed by atoms with van der Waals surface area (Å²) in [5.41, 5.74) is 10.7.